The maximum atomic E-state index is 12.6. The quantitative estimate of drug-likeness (QED) is 0.898. The van der Waals surface area contributed by atoms with Crippen LogP contribution in [0.1, 0.15) is 48.0 Å². The zero-order chi connectivity index (χ0) is 14.9. The average Bonchev–Trinajstić information content (AvgIpc) is 2.46. The molecule has 0 radical (unpaired) electrons. The average molecular weight is 288 g/mol. The standard InChI is InChI=1S/C17H24N2O2/c1-12-4-5-15(21-2)14(10-12)16(20)19-13-6-9-18-17(11-13)7-3-8-17/h4-5,10,13,18H,3,6-9,11H2,1-2H3,(H,19,20). The summed E-state index contributed by atoms with van der Waals surface area (Å²) in [4.78, 5) is 12.6. The predicted octanol–water partition coefficient (Wildman–Crippen LogP) is 2.41. The van der Waals surface area contributed by atoms with Crippen molar-refractivity contribution in [1.29, 1.82) is 0 Å². The van der Waals surface area contributed by atoms with Crippen molar-refractivity contribution in [3.05, 3.63) is 29.3 Å². The van der Waals surface area contributed by atoms with Crippen molar-refractivity contribution in [2.24, 2.45) is 0 Å². The SMILES string of the molecule is COc1ccc(C)cc1C(=O)NC1CCNC2(CCC2)C1. The molecule has 1 amide bonds. The fourth-order valence-electron chi connectivity index (χ4n) is 3.53. The van der Waals surface area contributed by atoms with Crippen LogP contribution >= 0.6 is 0 Å². The summed E-state index contributed by atoms with van der Waals surface area (Å²) in [5, 5.41) is 6.83. The summed E-state index contributed by atoms with van der Waals surface area (Å²) >= 11 is 0. The summed E-state index contributed by atoms with van der Waals surface area (Å²) in [6.07, 6.45) is 5.84. The number of aryl methyl sites for hydroxylation is 1. The molecule has 1 aromatic rings. The fraction of sp³-hybridized carbons (Fsp3) is 0.588. The Kier molecular flexibility index (Phi) is 3.89. The van der Waals surface area contributed by atoms with Crippen molar-refractivity contribution in [2.45, 2.75) is 50.6 Å². The van der Waals surface area contributed by atoms with E-state index in [1.54, 1.807) is 7.11 Å². The minimum absolute atomic E-state index is 0.0167. The number of amides is 1. The molecule has 0 bridgehead atoms. The molecule has 0 aromatic heterocycles. The van der Waals surface area contributed by atoms with Gasteiger partial charge in [-0.3, -0.25) is 4.79 Å². The van der Waals surface area contributed by atoms with E-state index in [9.17, 15) is 4.79 Å². The minimum atomic E-state index is -0.0167. The van der Waals surface area contributed by atoms with Gasteiger partial charge in [-0.05, 0) is 57.7 Å². The van der Waals surface area contributed by atoms with E-state index in [2.05, 4.69) is 10.6 Å². The molecular weight excluding hydrogens is 264 g/mol. The highest BCUT2D eigenvalue weighted by Crippen LogP contribution is 2.38. The Morgan fingerprint density at radius 2 is 2.24 bits per heavy atom. The highest BCUT2D eigenvalue weighted by Gasteiger charge is 2.41. The van der Waals surface area contributed by atoms with Crippen LogP contribution in [0.2, 0.25) is 0 Å². The van der Waals surface area contributed by atoms with Gasteiger partial charge in [-0.2, -0.15) is 0 Å². The number of nitrogens with one attached hydrogen (secondary N) is 2. The van der Waals surface area contributed by atoms with Crippen LogP contribution in [-0.4, -0.2) is 31.1 Å². The van der Waals surface area contributed by atoms with Crippen molar-refractivity contribution < 1.29 is 9.53 Å². The summed E-state index contributed by atoms with van der Waals surface area (Å²) in [5.41, 5.74) is 2.01. The van der Waals surface area contributed by atoms with Gasteiger partial charge in [0.05, 0.1) is 12.7 Å². The molecule has 2 aliphatic rings. The highest BCUT2D eigenvalue weighted by molar-refractivity contribution is 5.97. The number of rotatable bonds is 3. The first kappa shape index (κ1) is 14.4. The van der Waals surface area contributed by atoms with Crippen LogP contribution in [0.5, 0.6) is 5.75 Å². The number of ether oxygens (including phenoxy) is 1. The second kappa shape index (κ2) is 5.68. The predicted molar refractivity (Wildman–Crippen MR) is 82.8 cm³/mol. The number of carbonyl (C=O) groups excluding carboxylic acids is 1. The van der Waals surface area contributed by atoms with E-state index in [0.29, 0.717) is 16.9 Å². The minimum Gasteiger partial charge on any atom is -0.496 e. The Bertz CT molecular complexity index is 538. The lowest BCUT2D eigenvalue weighted by Gasteiger charge is -2.48. The molecule has 1 saturated heterocycles. The van der Waals surface area contributed by atoms with Gasteiger partial charge in [-0.15, -0.1) is 0 Å². The molecule has 1 atom stereocenters. The number of carbonyl (C=O) groups is 1. The summed E-state index contributed by atoms with van der Waals surface area (Å²) in [7, 11) is 1.61. The first-order valence-corrected chi connectivity index (χ1v) is 7.82. The summed E-state index contributed by atoms with van der Waals surface area (Å²) in [5.74, 6) is 0.627. The van der Waals surface area contributed by atoms with Crippen LogP contribution in [-0.2, 0) is 0 Å². The van der Waals surface area contributed by atoms with Gasteiger partial charge >= 0.3 is 0 Å². The Labute approximate surface area is 126 Å². The van der Waals surface area contributed by atoms with E-state index in [0.717, 1.165) is 24.9 Å². The van der Waals surface area contributed by atoms with E-state index in [1.807, 2.05) is 25.1 Å². The monoisotopic (exact) mass is 288 g/mol. The zero-order valence-electron chi connectivity index (χ0n) is 12.9. The summed E-state index contributed by atoms with van der Waals surface area (Å²) in [6, 6.07) is 5.99. The van der Waals surface area contributed by atoms with E-state index < -0.39 is 0 Å². The van der Waals surface area contributed by atoms with Gasteiger partial charge in [0.15, 0.2) is 0 Å². The van der Waals surface area contributed by atoms with Crippen molar-refractivity contribution in [3.8, 4) is 5.75 Å². The maximum absolute atomic E-state index is 12.6. The molecule has 1 aliphatic carbocycles. The molecule has 1 heterocycles. The van der Waals surface area contributed by atoms with Gasteiger partial charge in [0.1, 0.15) is 5.75 Å². The van der Waals surface area contributed by atoms with Gasteiger partial charge in [-0.25, -0.2) is 0 Å². The van der Waals surface area contributed by atoms with Gasteiger partial charge in [0.25, 0.3) is 5.91 Å². The Morgan fingerprint density at radius 3 is 2.90 bits per heavy atom. The van der Waals surface area contributed by atoms with E-state index in [1.165, 1.54) is 19.3 Å². The van der Waals surface area contributed by atoms with Crippen LogP contribution in [0.4, 0.5) is 0 Å². The first-order chi connectivity index (χ1) is 10.1. The summed E-state index contributed by atoms with van der Waals surface area (Å²) < 4.78 is 5.31. The van der Waals surface area contributed by atoms with E-state index >= 15 is 0 Å². The molecule has 1 spiro atoms. The molecule has 114 valence electrons. The molecule has 4 nitrogen and oxygen atoms in total. The third-order valence-electron chi connectivity index (χ3n) is 4.88. The third-order valence-corrected chi connectivity index (χ3v) is 4.88. The van der Waals surface area contributed by atoms with Crippen molar-refractivity contribution in [3.63, 3.8) is 0 Å². The van der Waals surface area contributed by atoms with Gasteiger partial charge in [0.2, 0.25) is 0 Å². The van der Waals surface area contributed by atoms with Crippen LogP contribution < -0.4 is 15.4 Å². The Hall–Kier alpha value is -1.55. The largest absolute Gasteiger partial charge is 0.496 e. The molecule has 21 heavy (non-hydrogen) atoms. The van der Waals surface area contributed by atoms with Crippen LogP contribution in [0.25, 0.3) is 0 Å². The lowest BCUT2D eigenvalue weighted by atomic mass is 9.70. The number of hydrogen-bond donors (Lipinski definition) is 2. The van der Waals surface area contributed by atoms with Crippen LogP contribution in [0.15, 0.2) is 18.2 Å². The molecule has 2 fully saturated rings. The van der Waals surface area contributed by atoms with Crippen LogP contribution in [0.3, 0.4) is 0 Å². The Balaban J connectivity index is 1.70. The number of methoxy groups -OCH3 is 1. The number of piperidine rings is 1. The van der Waals surface area contributed by atoms with Crippen LogP contribution in [0, 0.1) is 6.92 Å². The Morgan fingerprint density at radius 1 is 1.43 bits per heavy atom. The molecular formula is C17H24N2O2. The lowest BCUT2D eigenvalue weighted by molar-refractivity contribution is 0.0850. The highest BCUT2D eigenvalue weighted by atomic mass is 16.5. The van der Waals surface area contributed by atoms with Crippen molar-refractivity contribution >= 4 is 5.91 Å². The fourth-order valence-corrected chi connectivity index (χ4v) is 3.53. The van der Waals surface area contributed by atoms with E-state index in [4.69, 9.17) is 4.74 Å². The number of benzene rings is 1. The first-order valence-electron chi connectivity index (χ1n) is 7.82. The van der Waals surface area contributed by atoms with Crippen molar-refractivity contribution in [1.82, 2.24) is 10.6 Å². The normalized spacial score (nSPS) is 23.4. The van der Waals surface area contributed by atoms with Gasteiger partial charge in [0, 0.05) is 11.6 Å². The smallest absolute Gasteiger partial charge is 0.255 e. The van der Waals surface area contributed by atoms with Gasteiger partial charge < -0.3 is 15.4 Å². The molecule has 1 saturated carbocycles. The molecule has 1 aromatic carbocycles. The van der Waals surface area contributed by atoms with E-state index in [-0.39, 0.29) is 11.9 Å². The topological polar surface area (TPSA) is 50.4 Å². The third kappa shape index (κ3) is 2.91. The number of hydrogen-bond acceptors (Lipinski definition) is 3. The zero-order valence-corrected chi connectivity index (χ0v) is 12.9. The molecule has 4 heteroatoms. The van der Waals surface area contributed by atoms with Gasteiger partial charge in [-0.1, -0.05) is 11.6 Å². The lowest BCUT2D eigenvalue weighted by Crippen LogP contribution is -2.59. The molecule has 3 rings (SSSR count). The van der Waals surface area contributed by atoms with Crippen molar-refractivity contribution in [2.75, 3.05) is 13.7 Å². The second-order valence-corrected chi connectivity index (χ2v) is 6.43. The summed E-state index contributed by atoms with van der Waals surface area (Å²) in [6.45, 7) is 2.99. The molecule has 2 N–H and O–H groups in total. The molecule has 1 aliphatic heterocycles. The second-order valence-electron chi connectivity index (χ2n) is 6.43. The molecule has 1 unspecified atom stereocenters. The maximum Gasteiger partial charge on any atom is 0.255 e.